The lowest BCUT2D eigenvalue weighted by Gasteiger charge is -2.24. The molecule has 0 spiro atoms. The summed E-state index contributed by atoms with van der Waals surface area (Å²) in [5.74, 6) is -2.59. The predicted octanol–water partition coefficient (Wildman–Crippen LogP) is 5.50. The molecule has 0 aliphatic carbocycles. The van der Waals surface area contributed by atoms with Gasteiger partial charge in [0.2, 0.25) is 5.95 Å². The molecule has 3 aromatic carbocycles. The van der Waals surface area contributed by atoms with E-state index in [-0.39, 0.29) is 28.3 Å². The number of ketones is 1. The van der Waals surface area contributed by atoms with E-state index in [1.807, 2.05) is 45.9 Å². The molecule has 1 unspecified atom stereocenters. The van der Waals surface area contributed by atoms with E-state index < -0.39 is 23.7 Å². The number of benzene rings is 3. The number of fused-ring (bicyclic) bond motifs is 1. The van der Waals surface area contributed by atoms with Gasteiger partial charge >= 0.3 is 11.9 Å². The maximum atomic E-state index is 13.6. The Bertz CT molecular complexity index is 1730. The van der Waals surface area contributed by atoms with Crippen LogP contribution in [0, 0.1) is 6.92 Å². The number of aryl methyl sites for hydroxylation is 1. The van der Waals surface area contributed by atoms with Gasteiger partial charge < -0.3 is 19.9 Å². The van der Waals surface area contributed by atoms with Crippen molar-refractivity contribution in [3.8, 4) is 5.75 Å². The van der Waals surface area contributed by atoms with E-state index in [0.29, 0.717) is 27.9 Å². The molecule has 1 fully saturated rings. The normalized spacial score (nSPS) is 17.0. The van der Waals surface area contributed by atoms with Gasteiger partial charge in [0.1, 0.15) is 11.5 Å². The molecule has 1 amide bonds. The molecule has 2 heterocycles. The Labute approximate surface area is 230 Å². The molecule has 5 rings (SSSR count). The lowest BCUT2D eigenvalue weighted by molar-refractivity contribution is -0.132. The monoisotopic (exact) mass is 539 g/mol. The number of carbonyl (C=O) groups excluding carboxylic acids is 2. The summed E-state index contributed by atoms with van der Waals surface area (Å²) in [4.78, 5) is 47.4. The highest BCUT2D eigenvalue weighted by atomic mass is 16.5. The molecule has 9 nitrogen and oxygen atoms in total. The first-order valence-electron chi connectivity index (χ1n) is 12.7. The van der Waals surface area contributed by atoms with E-state index in [9.17, 15) is 24.6 Å². The number of aliphatic hydroxyl groups is 1. The molecule has 0 saturated carbocycles. The first-order chi connectivity index (χ1) is 18.9. The lowest BCUT2D eigenvalue weighted by Crippen LogP contribution is -2.30. The highest BCUT2D eigenvalue weighted by molar-refractivity contribution is 6.51. The van der Waals surface area contributed by atoms with E-state index in [0.717, 1.165) is 11.1 Å². The van der Waals surface area contributed by atoms with Crippen molar-refractivity contribution < 1.29 is 29.3 Å². The summed E-state index contributed by atoms with van der Waals surface area (Å²) in [6.45, 7) is 7.98. The number of carboxylic acid groups (broad SMARTS) is 1. The summed E-state index contributed by atoms with van der Waals surface area (Å²) in [7, 11) is 1.51. The molecule has 204 valence electrons. The van der Waals surface area contributed by atoms with E-state index in [2.05, 4.69) is 9.97 Å². The third kappa shape index (κ3) is 4.49. The second kappa shape index (κ2) is 9.68. The number of methoxy groups -OCH3 is 1. The summed E-state index contributed by atoms with van der Waals surface area (Å²) in [5.41, 5.74) is 3.22. The lowest BCUT2D eigenvalue weighted by atomic mass is 9.84. The van der Waals surface area contributed by atoms with Crippen LogP contribution in [0.15, 0.2) is 66.2 Å². The van der Waals surface area contributed by atoms with Crippen molar-refractivity contribution in [3.63, 3.8) is 0 Å². The van der Waals surface area contributed by atoms with Crippen LogP contribution in [0.3, 0.4) is 0 Å². The van der Waals surface area contributed by atoms with Crippen molar-refractivity contribution in [2.75, 3.05) is 12.0 Å². The third-order valence-corrected chi connectivity index (χ3v) is 7.16. The summed E-state index contributed by atoms with van der Waals surface area (Å²) in [6, 6.07) is 15.9. The molecule has 1 saturated heterocycles. The number of carbonyl (C=O) groups is 3. The maximum Gasteiger partial charge on any atom is 0.335 e. The fraction of sp³-hybridized carbons (Fsp3) is 0.226. The second-order valence-corrected chi connectivity index (χ2v) is 10.8. The van der Waals surface area contributed by atoms with E-state index in [1.54, 1.807) is 24.3 Å². The minimum absolute atomic E-state index is 0.0447. The van der Waals surface area contributed by atoms with Crippen LogP contribution in [0.25, 0.3) is 16.8 Å². The molecule has 1 atom stereocenters. The molecule has 9 heteroatoms. The Morgan fingerprint density at radius 1 is 1.02 bits per heavy atom. The van der Waals surface area contributed by atoms with Crippen LogP contribution in [0.2, 0.25) is 0 Å². The van der Waals surface area contributed by atoms with Crippen molar-refractivity contribution in [1.29, 1.82) is 0 Å². The summed E-state index contributed by atoms with van der Waals surface area (Å²) in [5, 5.41) is 21.1. The van der Waals surface area contributed by atoms with Gasteiger partial charge in [-0.1, -0.05) is 45.0 Å². The number of aromatic carboxylic acids is 1. The minimum atomic E-state index is -1.11. The van der Waals surface area contributed by atoms with Crippen LogP contribution in [0.4, 0.5) is 5.95 Å². The van der Waals surface area contributed by atoms with Gasteiger partial charge in [-0.05, 0) is 65.4 Å². The SMILES string of the molecule is COc1cccc(C2/C(=C(\O)c3cc(C(C)(C)C)ccc3C)C(=O)C(=O)N2c2nc3ccc(C(=O)O)cc3[nH]2)c1. The van der Waals surface area contributed by atoms with Gasteiger partial charge in [-0.3, -0.25) is 14.5 Å². The highest BCUT2D eigenvalue weighted by Crippen LogP contribution is 2.43. The highest BCUT2D eigenvalue weighted by Gasteiger charge is 2.48. The van der Waals surface area contributed by atoms with Gasteiger partial charge in [-0.2, -0.15) is 0 Å². The third-order valence-electron chi connectivity index (χ3n) is 7.16. The van der Waals surface area contributed by atoms with Crippen molar-refractivity contribution in [2.24, 2.45) is 0 Å². The van der Waals surface area contributed by atoms with Gasteiger partial charge in [-0.15, -0.1) is 0 Å². The number of aromatic amines is 1. The van der Waals surface area contributed by atoms with Gasteiger partial charge in [-0.25, -0.2) is 9.78 Å². The number of rotatable bonds is 5. The van der Waals surface area contributed by atoms with Gasteiger partial charge in [0.15, 0.2) is 0 Å². The number of aliphatic hydroxyl groups excluding tert-OH is 1. The number of nitrogens with one attached hydrogen (secondary N) is 1. The molecule has 1 aromatic heterocycles. The molecule has 0 bridgehead atoms. The number of imidazole rings is 1. The Hall–Kier alpha value is -4.92. The number of aromatic nitrogens is 2. The van der Waals surface area contributed by atoms with Crippen LogP contribution in [-0.2, 0) is 15.0 Å². The fourth-order valence-corrected chi connectivity index (χ4v) is 4.91. The molecule has 1 aliphatic rings. The largest absolute Gasteiger partial charge is 0.507 e. The molecular formula is C31H29N3O6. The van der Waals surface area contributed by atoms with E-state index in [1.165, 1.54) is 30.2 Å². The Morgan fingerprint density at radius 3 is 2.45 bits per heavy atom. The predicted molar refractivity (Wildman–Crippen MR) is 151 cm³/mol. The van der Waals surface area contributed by atoms with E-state index >= 15 is 0 Å². The maximum absolute atomic E-state index is 13.6. The molecular weight excluding hydrogens is 510 g/mol. The van der Waals surface area contributed by atoms with Crippen LogP contribution >= 0.6 is 0 Å². The summed E-state index contributed by atoms with van der Waals surface area (Å²) in [6.07, 6.45) is 0. The smallest absolute Gasteiger partial charge is 0.335 e. The number of anilines is 1. The fourth-order valence-electron chi connectivity index (χ4n) is 4.91. The number of nitrogens with zero attached hydrogens (tertiary/aromatic N) is 2. The van der Waals surface area contributed by atoms with Crippen molar-refractivity contribution in [1.82, 2.24) is 9.97 Å². The van der Waals surface area contributed by atoms with Gasteiger partial charge in [0.25, 0.3) is 5.78 Å². The van der Waals surface area contributed by atoms with Crippen LogP contribution < -0.4 is 9.64 Å². The molecule has 0 radical (unpaired) electrons. The van der Waals surface area contributed by atoms with Gasteiger partial charge in [0.05, 0.1) is 35.3 Å². The standard InChI is InChI=1S/C31H29N3O6/c1-16-9-11-19(31(2,3)4)15-21(16)26(35)24-25(17-7-6-8-20(13-17)40-5)34(28(37)27(24)36)30-32-22-12-10-18(29(38)39)14-23(22)33-30/h6-15,25,35H,1-5H3,(H,32,33)(H,38,39)/b26-24+. The van der Waals surface area contributed by atoms with Crippen LogP contribution in [0.1, 0.15) is 59.4 Å². The zero-order chi connectivity index (χ0) is 28.9. The molecule has 1 aliphatic heterocycles. The van der Waals surface area contributed by atoms with Crippen molar-refractivity contribution in [2.45, 2.75) is 39.2 Å². The van der Waals surface area contributed by atoms with E-state index in [4.69, 9.17) is 4.74 Å². The van der Waals surface area contributed by atoms with Gasteiger partial charge in [0, 0.05) is 5.56 Å². The molecule has 3 N–H and O–H groups in total. The van der Waals surface area contributed by atoms with Crippen LogP contribution in [-0.4, -0.2) is 45.0 Å². The number of hydrogen-bond donors (Lipinski definition) is 3. The van der Waals surface area contributed by atoms with Crippen LogP contribution in [0.5, 0.6) is 5.75 Å². The average molecular weight is 540 g/mol. The number of ether oxygens (including phenoxy) is 1. The van der Waals surface area contributed by atoms with Crippen molar-refractivity contribution in [3.05, 3.63) is 94.1 Å². The number of hydrogen-bond acceptors (Lipinski definition) is 6. The Morgan fingerprint density at radius 2 is 1.77 bits per heavy atom. The number of H-pyrrole nitrogens is 1. The zero-order valence-electron chi connectivity index (χ0n) is 22.8. The average Bonchev–Trinajstić information content (AvgIpc) is 3.45. The second-order valence-electron chi connectivity index (χ2n) is 10.8. The Kier molecular flexibility index (Phi) is 6.45. The first kappa shape index (κ1) is 26.7. The van der Waals surface area contributed by atoms with Crippen molar-refractivity contribution >= 4 is 40.4 Å². The zero-order valence-corrected chi connectivity index (χ0v) is 22.8. The number of carboxylic acids is 1. The number of amides is 1. The number of Topliss-reactive ketones (excluding diaryl/α,β-unsaturated/α-hetero) is 1. The molecule has 4 aromatic rings. The summed E-state index contributed by atoms with van der Waals surface area (Å²) >= 11 is 0. The Balaban J connectivity index is 1.75. The topological polar surface area (TPSA) is 133 Å². The minimum Gasteiger partial charge on any atom is -0.507 e. The molecule has 40 heavy (non-hydrogen) atoms. The quantitative estimate of drug-likeness (QED) is 0.173. The first-order valence-corrected chi connectivity index (χ1v) is 12.7. The summed E-state index contributed by atoms with van der Waals surface area (Å²) < 4.78 is 5.40.